The van der Waals surface area contributed by atoms with Gasteiger partial charge in [0.05, 0.1) is 0 Å². The van der Waals surface area contributed by atoms with Crippen LogP contribution < -0.4 is 10.6 Å². The third kappa shape index (κ3) is 4.29. The number of anilines is 2. The zero-order chi connectivity index (χ0) is 15.8. The SMILES string of the molecule is [2H]C([2H])([2H])C([2H])([2H])Nc1nc(Cl)nc(NC(C)(C)C)n1. The first-order chi connectivity index (χ1) is 8.80. The van der Waals surface area contributed by atoms with Crippen LogP contribution in [0.2, 0.25) is 5.28 Å². The maximum absolute atomic E-state index is 7.47. The second-order valence-corrected chi connectivity index (χ2v) is 4.21. The van der Waals surface area contributed by atoms with Gasteiger partial charge in [0.1, 0.15) is 0 Å². The largest absolute Gasteiger partial charge is 0.354 e. The van der Waals surface area contributed by atoms with E-state index in [0.29, 0.717) is 0 Å². The van der Waals surface area contributed by atoms with Crippen LogP contribution in [0.15, 0.2) is 0 Å². The Morgan fingerprint density at radius 3 is 2.60 bits per heavy atom. The standard InChI is InChI=1S/C9H16ClN5/c1-5-11-7-12-6(10)13-8(14-7)15-9(2,3)4/h5H2,1-4H3,(H2,11,12,13,14,15)/i1D3,5D2. The van der Waals surface area contributed by atoms with Crippen molar-refractivity contribution in [2.75, 3.05) is 17.1 Å². The third-order valence-corrected chi connectivity index (χ3v) is 1.44. The molecule has 1 aromatic rings. The van der Waals surface area contributed by atoms with Gasteiger partial charge < -0.3 is 10.6 Å². The smallest absolute Gasteiger partial charge is 0.229 e. The van der Waals surface area contributed by atoms with Gasteiger partial charge in [0.2, 0.25) is 17.2 Å². The summed E-state index contributed by atoms with van der Waals surface area (Å²) in [6.45, 7) is 0.0684. The molecular weight excluding hydrogens is 214 g/mol. The van der Waals surface area contributed by atoms with Crippen LogP contribution in [-0.2, 0) is 0 Å². The van der Waals surface area contributed by atoms with Crippen LogP contribution in [0.5, 0.6) is 0 Å². The van der Waals surface area contributed by atoms with Gasteiger partial charge in [-0.15, -0.1) is 0 Å². The molecule has 1 rings (SSSR count). The molecule has 5 nitrogen and oxygen atoms in total. The summed E-state index contributed by atoms with van der Waals surface area (Å²) >= 11 is 5.72. The summed E-state index contributed by atoms with van der Waals surface area (Å²) in [5.41, 5.74) is -0.342. The summed E-state index contributed by atoms with van der Waals surface area (Å²) < 4.78 is 36.3. The number of hydrogen-bond acceptors (Lipinski definition) is 5. The molecule has 0 atom stereocenters. The van der Waals surface area contributed by atoms with Crippen molar-refractivity contribution in [3.05, 3.63) is 5.28 Å². The predicted octanol–water partition coefficient (Wildman–Crippen LogP) is 2.17. The fourth-order valence-electron chi connectivity index (χ4n) is 0.853. The third-order valence-electron chi connectivity index (χ3n) is 1.27. The summed E-state index contributed by atoms with van der Waals surface area (Å²) in [6.07, 6.45) is 0. The molecular formula is C9H16ClN5. The summed E-state index contributed by atoms with van der Waals surface area (Å²) in [7, 11) is 0. The van der Waals surface area contributed by atoms with E-state index >= 15 is 0 Å². The number of halogens is 1. The van der Waals surface area contributed by atoms with Crippen LogP contribution >= 0.6 is 11.6 Å². The van der Waals surface area contributed by atoms with Crippen molar-refractivity contribution in [1.82, 2.24) is 15.0 Å². The highest BCUT2D eigenvalue weighted by molar-refractivity contribution is 6.28. The highest BCUT2D eigenvalue weighted by Crippen LogP contribution is 2.13. The number of aromatic nitrogens is 3. The first kappa shape index (κ1) is 6.48. The van der Waals surface area contributed by atoms with Crippen LogP contribution in [0.25, 0.3) is 0 Å². The Morgan fingerprint density at radius 2 is 2.00 bits per heavy atom. The molecule has 1 heterocycles. The van der Waals surface area contributed by atoms with E-state index in [1.807, 2.05) is 20.8 Å². The van der Waals surface area contributed by atoms with Crippen LogP contribution in [0.3, 0.4) is 0 Å². The Kier molecular flexibility index (Phi) is 1.99. The molecule has 0 aliphatic rings. The molecule has 0 saturated carbocycles. The molecule has 0 saturated heterocycles. The average Bonchev–Trinajstić information content (AvgIpc) is 2.09. The lowest BCUT2D eigenvalue weighted by atomic mass is 10.1. The zero-order valence-corrected chi connectivity index (χ0v) is 9.48. The zero-order valence-electron chi connectivity index (χ0n) is 13.7. The predicted molar refractivity (Wildman–Crippen MR) is 62.4 cm³/mol. The lowest BCUT2D eigenvalue weighted by molar-refractivity contribution is 0.625. The molecule has 0 unspecified atom stereocenters. The van der Waals surface area contributed by atoms with Crippen LogP contribution in [0, 0.1) is 0 Å². The Hall–Kier alpha value is -1.10. The molecule has 0 fully saturated rings. The van der Waals surface area contributed by atoms with E-state index in [1.54, 1.807) is 0 Å². The first-order valence-electron chi connectivity index (χ1n) is 6.78. The lowest BCUT2D eigenvalue weighted by Gasteiger charge is -2.20. The van der Waals surface area contributed by atoms with Gasteiger partial charge in [0.25, 0.3) is 0 Å². The molecule has 0 aliphatic carbocycles. The summed E-state index contributed by atoms with van der Waals surface area (Å²) in [4.78, 5) is 11.4. The van der Waals surface area contributed by atoms with E-state index in [9.17, 15) is 0 Å². The van der Waals surface area contributed by atoms with Crippen LogP contribution in [0.1, 0.15) is 34.5 Å². The summed E-state index contributed by atoms with van der Waals surface area (Å²) in [5.74, 6) is -0.126. The summed E-state index contributed by atoms with van der Waals surface area (Å²) in [6, 6.07) is 0. The first-order valence-corrected chi connectivity index (χ1v) is 4.66. The second kappa shape index (κ2) is 4.61. The van der Waals surface area contributed by atoms with Crippen molar-refractivity contribution in [2.45, 2.75) is 33.2 Å². The van der Waals surface area contributed by atoms with Crippen molar-refractivity contribution in [1.29, 1.82) is 0 Å². The van der Waals surface area contributed by atoms with E-state index in [4.69, 9.17) is 18.5 Å². The van der Waals surface area contributed by atoms with Gasteiger partial charge in [-0.2, -0.15) is 15.0 Å². The topological polar surface area (TPSA) is 62.7 Å². The van der Waals surface area contributed by atoms with E-state index in [0.717, 1.165) is 0 Å². The monoisotopic (exact) mass is 234 g/mol. The van der Waals surface area contributed by atoms with Gasteiger partial charge in [-0.1, -0.05) is 0 Å². The van der Waals surface area contributed by atoms with Crippen LogP contribution in [0.4, 0.5) is 11.9 Å². The minimum atomic E-state index is -2.87. The maximum Gasteiger partial charge on any atom is 0.229 e. The Bertz CT molecular complexity index is 485. The van der Waals surface area contributed by atoms with E-state index in [-0.39, 0.29) is 22.7 Å². The molecule has 0 radical (unpaired) electrons. The second-order valence-electron chi connectivity index (χ2n) is 3.88. The summed E-state index contributed by atoms with van der Waals surface area (Å²) in [5, 5.41) is 4.88. The molecule has 2 N–H and O–H groups in total. The van der Waals surface area contributed by atoms with Crippen LogP contribution in [-0.4, -0.2) is 27.0 Å². The highest BCUT2D eigenvalue weighted by atomic mass is 35.5. The molecule has 0 bridgehead atoms. The fraction of sp³-hybridized carbons (Fsp3) is 0.667. The number of nitrogens with zero attached hydrogens (tertiary/aromatic N) is 3. The molecule has 1 aromatic heterocycles. The molecule has 0 aliphatic heterocycles. The lowest BCUT2D eigenvalue weighted by Crippen LogP contribution is -2.27. The van der Waals surface area contributed by atoms with E-state index < -0.39 is 13.3 Å². The Balaban J connectivity index is 3.03. The maximum atomic E-state index is 7.47. The Labute approximate surface area is 102 Å². The van der Waals surface area contributed by atoms with Gasteiger partial charge in [0.15, 0.2) is 0 Å². The van der Waals surface area contributed by atoms with Crippen molar-refractivity contribution >= 4 is 23.5 Å². The molecule has 6 heteroatoms. The molecule has 0 aromatic carbocycles. The van der Waals surface area contributed by atoms with E-state index in [1.165, 1.54) is 0 Å². The normalized spacial score (nSPS) is 18.0. The van der Waals surface area contributed by atoms with Gasteiger partial charge in [-0.05, 0) is 39.2 Å². The van der Waals surface area contributed by atoms with Gasteiger partial charge >= 0.3 is 0 Å². The van der Waals surface area contributed by atoms with Gasteiger partial charge in [-0.3, -0.25) is 0 Å². The molecule has 0 spiro atoms. The Morgan fingerprint density at radius 1 is 1.33 bits per heavy atom. The van der Waals surface area contributed by atoms with Crippen molar-refractivity contribution < 1.29 is 6.85 Å². The minimum absolute atomic E-state index is 0.126. The quantitative estimate of drug-likeness (QED) is 0.839. The minimum Gasteiger partial charge on any atom is -0.354 e. The average molecular weight is 235 g/mol. The molecule has 0 amide bonds. The van der Waals surface area contributed by atoms with Crippen molar-refractivity contribution in [3.63, 3.8) is 0 Å². The van der Waals surface area contributed by atoms with E-state index in [2.05, 4.69) is 25.6 Å². The van der Waals surface area contributed by atoms with Crippen molar-refractivity contribution in [3.8, 4) is 0 Å². The fourth-order valence-corrected chi connectivity index (χ4v) is 1.01. The van der Waals surface area contributed by atoms with Gasteiger partial charge in [0, 0.05) is 18.9 Å². The number of nitrogens with one attached hydrogen (secondary N) is 2. The molecule has 15 heavy (non-hydrogen) atoms. The number of rotatable bonds is 3. The highest BCUT2D eigenvalue weighted by Gasteiger charge is 2.12. The van der Waals surface area contributed by atoms with Crippen molar-refractivity contribution in [2.24, 2.45) is 0 Å². The van der Waals surface area contributed by atoms with Gasteiger partial charge in [-0.25, -0.2) is 0 Å². The number of hydrogen-bond donors (Lipinski definition) is 2. The molecule has 84 valence electrons.